The van der Waals surface area contributed by atoms with E-state index < -0.39 is 37.1 Å². The zero-order valence-corrected chi connectivity index (χ0v) is 20.0. The van der Waals surface area contributed by atoms with Crippen LogP contribution in [0.15, 0.2) is 48.7 Å². The SMILES string of the molecule is CN(C)CCOc1ccc(Cn2cc([C@@H]3O[C@H](CO)[C@@H](O)[C@H](O)[C@H]3O)c3cccc(Cl)c32)cc1. The molecule has 184 valence electrons. The molecule has 0 aliphatic carbocycles. The Morgan fingerprint density at radius 1 is 1.03 bits per heavy atom. The van der Waals surface area contributed by atoms with Crippen molar-refractivity contribution in [1.29, 1.82) is 0 Å². The largest absolute Gasteiger partial charge is 0.492 e. The number of para-hydroxylation sites is 1. The lowest BCUT2D eigenvalue weighted by Crippen LogP contribution is -2.55. The molecule has 1 aliphatic heterocycles. The molecule has 1 fully saturated rings. The van der Waals surface area contributed by atoms with Gasteiger partial charge in [0.15, 0.2) is 0 Å². The maximum atomic E-state index is 10.7. The molecule has 3 aromatic rings. The molecule has 9 heteroatoms. The number of aliphatic hydroxyl groups is 4. The highest BCUT2D eigenvalue weighted by Gasteiger charge is 2.44. The van der Waals surface area contributed by atoms with Crippen molar-refractivity contribution in [2.75, 3.05) is 33.9 Å². The van der Waals surface area contributed by atoms with Gasteiger partial charge in [0.2, 0.25) is 0 Å². The van der Waals surface area contributed by atoms with Crippen LogP contribution in [0.5, 0.6) is 5.75 Å². The zero-order chi connectivity index (χ0) is 24.4. The highest BCUT2D eigenvalue weighted by Crippen LogP contribution is 2.39. The summed E-state index contributed by atoms with van der Waals surface area (Å²) in [6.45, 7) is 1.46. The van der Waals surface area contributed by atoms with E-state index in [4.69, 9.17) is 21.1 Å². The fourth-order valence-electron chi connectivity index (χ4n) is 4.29. The van der Waals surface area contributed by atoms with Gasteiger partial charge >= 0.3 is 0 Å². The summed E-state index contributed by atoms with van der Waals surface area (Å²) < 4.78 is 13.5. The number of likely N-dealkylation sites (N-methyl/N-ethyl adjacent to an activating group) is 1. The minimum absolute atomic E-state index is 0.482. The first-order valence-electron chi connectivity index (χ1n) is 11.2. The summed E-state index contributed by atoms with van der Waals surface area (Å²) in [4.78, 5) is 2.06. The zero-order valence-electron chi connectivity index (χ0n) is 19.2. The van der Waals surface area contributed by atoms with Gasteiger partial charge in [-0.2, -0.15) is 0 Å². The van der Waals surface area contributed by atoms with Crippen molar-refractivity contribution in [3.05, 3.63) is 64.8 Å². The fraction of sp³-hybridized carbons (Fsp3) is 0.440. The van der Waals surface area contributed by atoms with Crippen LogP contribution in [-0.2, 0) is 11.3 Å². The van der Waals surface area contributed by atoms with Gasteiger partial charge in [-0.15, -0.1) is 0 Å². The Hall–Kier alpha value is -2.17. The Morgan fingerprint density at radius 2 is 1.76 bits per heavy atom. The Kier molecular flexibility index (Phi) is 7.79. The smallest absolute Gasteiger partial charge is 0.119 e. The number of hydrogen-bond donors (Lipinski definition) is 4. The predicted molar refractivity (Wildman–Crippen MR) is 129 cm³/mol. The van der Waals surface area contributed by atoms with E-state index in [9.17, 15) is 20.4 Å². The lowest BCUT2D eigenvalue weighted by Gasteiger charge is -2.40. The second-order valence-corrected chi connectivity index (χ2v) is 9.30. The molecule has 1 saturated heterocycles. The molecule has 0 saturated carbocycles. The van der Waals surface area contributed by atoms with Gasteiger partial charge in [0.1, 0.15) is 42.9 Å². The van der Waals surface area contributed by atoms with E-state index in [-0.39, 0.29) is 0 Å². The fourth-order valence-corrected chi connectivity index (χ4v) is 4.57. The molecular formula is C25H31ClN2O6. The lowest BCUT2D eigenvalue weighted by molar-refractivity contribution is -0.231. The molecule has 1 aliphatic rings. The topological polar surface area (TPSA) is 108 Å². The number of rotatable bonds is 8. The van der Waals surface area contributed by atoms with Crippen LogP contribution < -0.4 is 4.74 Å². The lowest BCUT2D eigenvalue weighted by atomic mass is 9.91. The maximum Gasteiger partial charge on any atom is 0.119 e. The molecule has 0 amide bonds. The van der Waals surface area contributed by atoms with Crippen molar-refractivity contribution in [2.45, 2.75) is 37.1 Å². The second-order valence-electron chi connectivity index (χ2n) is 8.89. The van der Waals surface area contributed by atoms with Crippen LogP contribution in [0.2, 0.25) is 5.02 Å². The molecule has 5 atom stereocenters. The summed E-state index contributed by atoms with van der Waals surface area (Å²) in [6, 6.07) is 13.3. The van der Waals surface area contributed by atoms with Crippen LogP contribution in [0.3, 0.4) is 0 Å². The van der Waals surface area contributed by atoms with Crippen molar-refractivity contribution in [3.63, 3.8) is 0 Å². The molecule has 34 heavy (non-hydrogen) atoms. The molecule has 2 heterocycles. The Morgan fingerprint density at radius 3 is 2.44 bits per heavy atom. The van der Waals surface area contributed by atoms with Crippen molar-refractivity contribution >= 4 is 22.5 Å². The molecule has 4 N–H and O–H groups in total. The average molecular weight is 491 g/mol. The molecule has 0 unspecified atom stereocenters. The Bertz CT molecular complexity index is 1100. The monoisotopic (exact) mass is 490 g/mol. The number of fused-ring (bicyclic) bond motifs is 1. The molecule has 4 rings (SSSR count). The van der Waals surface area contributed by atoms with Gasteiger partial charge in [-0.25, -0.2) is 0 Å². The number of nitrogens with zero attached hydrogens (tertiary/aromatic N) is 2. The minimum Gasteiger partial charge on any atom is -0.492 e. The van der Waals surface area contributed by atoms with Crippen LogP contribution in [0, 0.1) is 0 Å². The van der Waals surface area contributed by atoms with Gasteiger partial charge in [-0.3, -0.25) is 0 Å². The number of aliphatic hydroxyl groups excluding tert-OH is 4. The molecule has 0 spiro atoms. The first kappa shape index (κ1) is 24.9. The summed E-state index contributed by atoms with van der Waals surface area (Å²) in [5.74, 6) is 0.794. The molecule has 1 aromatic heterocycles. The predicted octanol–water partition coefficient (Wildman–Crippen LogP) is 1.80. The van der Waals surface area contributed by atoms with E-state index in [1.165, 1.54) is 0 Å². The highest BCUT2D eigenvalue weighted by molar-refractivity contribution is 6.35. The molecular weight excluding hydrogens is 460 g/mol. The summed E-state index contributed by atoms with van der Waals surface area (Å²) in [7, 11) is 3.99. The third kappa shape index (κ3) is 5.08. The van der Waals surface area contributed by atoms with Crippen molar-refractivity contribution in [2.24, 2.45) is 0 Å². The van der Waals surface area contributed by atoms with Crippen LogP contribution >= 0.6 is 11.6 Å². The van der Waals surface area contributed by atoms with E-state index in [2.05, 4.69) is 4.90 Å². The van der Waals surface area contributed by atoms with Crippen molar-refractivity contribution in [1.82, 2.24) is 9.47 Å². The number of halogens is 1. The van der Waals surface area contributed by atoms with Crippen LogP contribution in [0.1, 0.15) is 17.2 Å². The van der Waals surface area contributed by atoms with Gasteiger partial charge in [-0.1, -0.05) is 35.9 Å². The number of hydrogen-bond acceptors (Lipinski definition) is 7. The molecule has 8 nitrogen and oxygen atoms in total. The van der Waals surface area contributed by atoms with E-state index in [0.717, 1.165) is 28.8 Å². The first-order valence-corrected chi connectivity index (χ1v) is 11.6. The van der Waals surface area contributed by atoms with E-state index in [0.29, 0.717) is 23.7 Å². The molecule has 0 radical (unpaired) electrons. The summed E-state index contributed by atoms with van der Waals surface area (Å²) in [5, 5.41) is 42.0. The van der Waals surface area contributed by atoms with E-state index in [1.54, 1.807) is 6.07 Å². The molecule has 0 bridgehead atoms. The normalized spacial score (nSPS) is 25.2. The van der Waals surface area contributed by atoms with Crippen LogP contribution in [-0.4, -0.2) is 88.2 Å². The van der Waals surface area contributed by atoms with E-state index in [1.807, 2.05) is 61.3 Å². The first-order chi connectivity index (χ1) is 16.3. The van der Waals surface area contributed by atoms with Crippen LogP contribution in [0.25, 0.3) is 10.9 Å². The summed E-state index contributed by atoms with van der Waals surface area (Å²) in [6.07, 6.45) is -4.31. The van der Waals surface area contributed by atoms with Gasteiger partial charge in [0.05, 0.1) is 17.1 Å². The second kappa shape index (κ2) is 10.6. The van der Waals surface area contributed by atoms with Gasteiger partial charge in [0, 0.05) is 30.2 Å². The highest BCUT2D eigenvalue weighted by atomic mass is 35.5. The number of aromatic nitrogens is 1. The third-order valence-electron chi connectivity index (χ3n) is 6.16. The van der Waals surface area contributed by atoms with Crippen LogP contribution in [0.4, 0.5) is 0 Å². The van der Waals surface area contributed by atoms with Crippen molar-refractivity contribution < 1.29 is 29.9 Å². The Balaban J connectivity index is 1.62. The number of ether oxygens (including phenoxy) is 2. The third-order valence-corrected chi connectivity index (χ3v) is 6.47. The average Bonchev–Trinajstić information content (AvgIpc) is 3.18. The standard InChI is InChI=1S/C25H31ClN2O6/c1-27(2)10-11-33-16-8-6-15(7-9-16)12-28-13-18(17-4-3-5-19(26)21(17)28)25-24(32)23(31)22(30)20(14-29)34-25/h3-9,13,20,22-25,29-32H,10-12,14H2,1-2H3/t20-,22-,23+,24-,25+/m1/s1. The van der Waals surface area contributed by atoms with E-state index >= 15 is 0 Å². The summed E-state index contributed by atoms with van der Waals surface area (Å²) in [5.41, 5.74) is 2.41. The number of benzene rings is 2. The minimum atomic E-state index is -1.45. The summed E-state index contributed by atoms with van der Waals surface area (Å²) >= 11 is 6.56. The van der Waals surface area contributed by atoms with Crippen molar-refractivity contribution in [3.8, 4) is 5.75 Å². The van der Waals surface area contributed by atoms with Gasteiger partial charge in [0.25, 0.3) is 0 Å². The Labute approximate surface area is 203 Å². The van der Waals surface area contributed by atoms with Gasteiger partial charge in [-0.05, 0) is 37.9 Å². The molecule has 2 aromatic carbocycles. The van der Waals surface area contributed by atoms with Gasteiger partial charge < -0.3 is 39.4 Å². The maximum absolute atomic E-state index is 10.7. The quantitative estimate of drug-likeness (QED) is 0.381.